The normalized spacial score (nSPS) is 10.3. The molecule has 0 aliphatic rings. The number of hydrogen-bond acceptors (Lipinski definition) is 4. The van der Waals surface area contributed by atoms with Gasteiger partial charge in [-0.1, -0.05) is 42.7 Å². The Bertz CT molecular complexity index is 839. The Morgan fingerprint density at radius 2 is 1.62 bits per heavy atom. The molecular weight excluding hydrogens is 368 g/mol. The van der Waals surface area contributed by atoms with Gasteiger partial charge in [-0.15, -0.1) is 0 Å². The number of unbranched alkanes of at least 4 members (excludes halogenated alkanes) is 1. The van der Waals surface area contributed by atoms with Crippen LogP contribution in [0.2, 0.25) is 0 Å². The molecule has 2 amide bonds. The predicted molar refractivity (Wildman–Crippen MR) is 113 cm³/mol. The second-order valence-corrected chi connectivity index (χ2v) is 7.07. The van der Waals surface area contributed by atoms with Crippen LogP contribution in [-0.4, -0.2) is 30.9 Å². The van der Waals surface area contributed by atoms with Gasteiger partial charge >= 0.3 is 5.97 Å². The van der Waals surface area contributed by atoms with Crippen molar-refractivity contribution in [3.63, 3.8) is 0 Å². The zero-order valence-corrected chi connectivity index (χ0v) is 17.2. The van der Waals surface area contributed by atoms with Gasteiger partial charge in [-0.25, -0.2) is 0 Å². The molecule has 0 unspecified atom stereocenters. The molecule has 0 spiro atoms. The minimum Gasteiger partial charge on any atom is -0.454 e. The molecule has 154 valence electrons. The number of nitrogens with one attached hydrogen (secondary N) is 2. The highest BCUT2D eigenvalue weighted by molar-refractivity contribution is 5.97. The van der Waals surface area contributed by atoms with Crippen LogP contribution in [0.1, 0.15) is 46.8 Å². The van der Waals surface area contributed by atoms with E-state index in [-0.39, 0.29) is 12.5 Å². The van der Waals surface area contributed by atoms with Gasteiger partial charge in [0.05, 0.1) is 0 Å². The highest BCUT2D eigenvalue weighted by Gasteiger charge is 2.11. The molecule has 2 aromatic rings. The summed E-state index contributed by atoms with van der Waals surface area (Å²) in [5.74, 6) is -1.46. The van der Waals surface area contributed by atoms with Gasteiger partial charge in [-0.3, -0.25) is 14.4 Å². The molecule has 0 aliphatic heterocycles. The SMILES string of the molecule is CCCCc1ccc(NC(=O)COC(=O)CNC(=O)c2cc(C)cc(C)c2)cc1. The third-order valence-electron chi connectivity index (χ3n) is 4.30. The first-order valence-corrected chi connectivity index (χ1v) is 9.78. The number of rotatable bonds is 9. The molecule has 0 radical (unpaired) electrons. The van der Waals surface area contributed by atoms with Gasteiger partial charge in [-0.2, -0.15) is 0 Å². The lowest BCUT2D eigenvalue weighted by Gasteiger charge is -2.09. The number of aryl methyl sites for hydroxylation is 3. The maximum absolute atomic E-state index is 12.1. The summed E-state index contributed by atoms with van der Waals surface area (Å²) >= 11 is 0. The standard InChI is InChI=1S/C23H28N2O4/c1-4-5-6-18-7-9-20(10-8-18)25-21(26)15-29-22(27)14-24-23(28)19-12-16(2)11-17(3)13-19/h7-13H,4-6,14-15H2,1-3H3,(H,24,28)(H,25,26). The molecule has 2 N–H and O–H groups in total. The molecule has 0 fully saturated rings. The van der Waals surface area contributed by atoms with Crippen molar-refractivity contribution in [3.05, 3.63) is 64.7 Å². The van der Waals surface area contributed by atoms with E-state index in [2.05, 4.69) is 17.6 Å². The molecule has 0 aliphatic carbocycles. The number of esters is 1. The molecule has 29 heavy (non-hydrogen) atoms. The van der Waals surface area contributed by atoms with Crippen LogP contribution in [-0.2, 0) is 20.7 Å². The summed E-state index contributed by atoms with van der Waals surface area (Å²) in [5.41, 5.74) is 4.28. The fourth-order valence-electron chi connectivity index (χ4n) is 2.89. The van der Waals surface area contributed by atoms with Crippen LogP contribution >= 0.6 is 0 Å². The monoisotopic (exact) mass is 396 g/mol. The summed E-state index contributed by atoms with van der Waals surface area (Å²) in [7, 11) is 0. The van der Waals surface area contributed by atoms with E-state index in [1.807, 2.05) is 44.2 Å². The van der Waals surface area contributed by atoms with E-state index in [9.17, 15) is 14.4 Å². The summed E-state index contributed by atoms with van der Waals surface area (Å²) in [6, 6.07) is 13.1. The zero-order valence-electron chi connectivity index (χ0n) is 17.2. The van der Waals surface area contributed by atoms with E-state index in [4.69, 9.17) is 4.74 Å². The minimum absolute atomic E-state index is 0.300. The Hall–Kier alpha value is -3.15. The second kappa shape index (κ2) is 11.0. The first kappa shape index (κ1) is 22.1. The first-order chi connectivity index (χ1) is 13.9. The van der Waals surface area contributed by atoms with E-state index < -0.39 is 18.5 Å². The number of ether oxygens (including phenoxy) is 1. The molecular formula is C23H28N2O4. The van der Waals surface area contributed by atoms with E-state index in [1.165, 1.54) is 5.56 Å². The van der Waals surface area contributed by atoms with Crippen molar-refractivity contribution in [3.8, 4) is 0 Å². The Morgan fingerprint density at radius 1 is 0.966 bits per heavy atom. The molecule has 0 atom stereocenters. The molecule has 2 aromatic carbocycles. The predicted octanol–water partition coefficient (Wildman–Crippen LogP) is 3.56. The van der Waals surface area contributed by atoms with Crippen molar-refractivity contribution in [1.82, 2.24) is 5.32 Å². The number of benzene rings is 2. The molecule has 0 saturated heterocycles. The molecule has 6 nitrogen and oxygen atoms in total. The van der Waals surface area contributed by atoms with Gasteiger partial charge in [0.1, 0.15) is 6.54 Å². The van der Waals surface area contributed by atoms with Gasteiger partial charge < -0.3 is 15.4 Å². The average molecular weight is 396 g/mol. The maximum Gasteiger partial charge on any atom is 0.325 e. The van der Waals surface area contributed by atoms with Crippen molar-refractivity contribution in [2.24, 2.45) is 0 Å². The fraction of sp³-hybridized carbons (Fsp3) is 0.348. The van der Waals surface area contributed by atoms with Crippen LogP contribution in [0, 0.1) is 13.8 Å². The Balaban J connectivity index is 1.72. The van der Waals surface area contributed by atoms with Gasteiger partial charge in [0.25, 0.3) is 11.8 Å². The quantitative estimate of drug-likeness (QED) is 0.635. The second-order valence-electron chi connectivity index (χ2n) is 7.07. The van der Waals surface area contributed by atoms with Crippen LogP contribution < -0.4 is 10.6 Å². The third kappa shape index (κ3) is 7.78. The zero-order chi connectivity index (χ0) is 21.2. The third-order valence-corrected chi connectivity index (χ3v) is 4.30. The van der Waals surface area contributed by atoms with Gasteiger partial charge in [-0.05, 0) is 56.5 Å². The maximum atomic E-state index is 12.1. The first-order valence-electron chi connectivity index (χ1n) is 9.78. The summed E-state index contributed by atoms with van der Waals surface area (Å²) in [4.78, 5) is 35.9. The van der Waals surface area contributed by atoms with E-state index in [1.54, 1.807) is 12.1 Å². The van der Waals surface area contributed by atoms with Gasteiger partial charge in [0.2, 0.25) is 0 Å². The summed E-state index contributed by atoms with van der Waals surface area (Å²) in [5, 5.41) is 5.18. The summed E-state index contributed by atoms with van der Waals surface area (Å²) < 4.78 is 4.92. The number of anilines is 1. The topological polar surface area (TPSA) is 84.5 Å². The lowest BCUT2D eigenvalue weighted by Crippen LogP contribution is -2.32. The fourth-order valence-corrected chi connectivity index (χ4v) is 2.89. The smallest absolute Gasteiger partial charge is 0.325 e. The lowest BCUT2D eigenvalue weighted by atomic mass is 10.1. The van der Waals surface area contributed by atoms with Crippen molar-refractivity contribution in [1.29, 1.82) is 0 Å². The van der Waals surface area contributed by atoms with Crippen molar-refractivity contribution >= 4 is 23.5 Å². The van der Waals surface area contributed by atoms with E-state index in [0.717, 1.165) is 30.4 Å². The molecule has 2 rings (SSSR count). The van der Waals surface area contributed by atoms with Crippen LogP contribution in [0.25, 0.3) is 0 Å². The van der Waals surface area contributed by atoms with Crippen LogP contribution in [0.15, 0.2) is 42.5 Å². The Kier molecular flexibility index (Phi) is 8.40. The minimum atomic E-state index is -0.673. The van der Waals surface area contributed by atoms with Crippen LogP contribution in [0.3, 0.4) is 0 Å². The van der Waals surface area contributed by atoms with E-state index >= 15 is 0 Å². The van der Waals surface area contributed by atoms with Gasteiger partial charge in [0.15, 0.2) is 6.61 Å². The highest BCUT2D eigenvalue weighted by atomic mass is 16.5. The average Bonchev–Trinajstić information content (AvgIpc) is 2.69. The number of amides is 2. The number of hydrogen-bond donors (Lipinski definition) is 2. The van der Waals surface area contributed by atoms with Crippen LogP contribution in [0.4, 0.5) is 5.69 Å². The van der Waals surface area contributed by atoms with Crippen molar-refractivity contribution < 1.29 is 19.1 Å². The molecule has 0 aromatic heterocycles. The molecule has 0 bridgehead atoms. The Labute approximate surface area is 171 Å². The summed E-state index contributed by atoms with van der Waals surface area (Å²) in [6.07, 6.45) is 3.27. The molecule has 0 heterocycles. The Morgan fingerprint density at radius 3 is 2.24 bits per heavy atom. The largest absolute Gasteiger partial charge is 0.454 e. The molecule has 0 saturated carbocycles. The number of carbonyl (C=O) groups is 3. The highest BCUT2D eigenvalue weighted by Crippen LogP contribution is 2.12. The van der Waals surface area contributed by atoms with Crippen molar-refractivity contribution in [2.75, 3.05) is 18.5 Å². The van der Waals surface area contributed by atoms with Crippen LogP contribution in [0.5, 0.6) is 0 Å². The lowest BCUT2D eigenvalue weighted by molar-refractivity contribution is -0.146. The van der Waals surface area contributed by atoms with Gasteiger partial charge in [0, 0.05) is 11.3 Å². The molecule has 6 heteroatoms. The number of carbonyl (C=O) groups excluding carboxylic acids is 3. The van der Waals surface area contributed by atoms with E-state index in [0.29, 0.717) is 11.3 Å². The van der Waals surface area contributed by atoms with Crippen molar-refractivity contribution in [2.45, 2.75) is 40.0 Å². The summed E-state index contributed by atoms with van der Waals surface area (Å²) in [6.45, 7) is 5.23.